The first kappa shape index (κ1) is 28.1. The number of nitrogens with zero attached hydrogens (tertiary/aromatic N) is 3. The van der Waals surface area contributed by atoms with E-state index in [1.165, 1.54) is 36.6 Å². The number of ether oxygens (including phenoxy) is 2. The van der Waals surface area contributed by atoms with Crippen LogP contribution in [0.15, 0.2) is 46.0 Å². The number of rotatable bonds is 7. The first-order valence-corrected chi connectivity index (χ1v) is 15.1. The summed E-state index contributed by atoms with van der Waals surface area (Å²) < 4.78 is 50.8. The predicted octanol–water partition coefficient (Wildman–Crippen LogP) is 1.73. The van der Waals surface area contributed by atoms with Crippen molar-refractivity contribution in [2.75, 3.05) is 33.4 Å². The summed E-state index contributed by atoms with van der Waals surface area (Å²) in [6.45, 7) is 1.76. The third kappa shape index (κ3) is 6.32. The molecule has 2 fully saturated rings. The Morgan fingerprint density at radius 3 is 2.92 bits per heavy atom. The second-order valence-corrected chi connectivity index (χ2v) is 12.2. The summed E-state index contributed by atoms with van der Waals surface area (Å²) in [5, 5.41) is 11.1. The number of hydrogen-bond donors (Lipinski definition) is 3. The molecule has 4 heterocycles. The van der Waals surface area contributed by atoms with Gasteiger partial charge in [0.15, 0.2) is 10.8 Å². The minimum Gasteiger partial charge on any atom is -0.466 e. The van der Waals surface area contributed by atoms with Crippen LogP contribution in [0.4, 0.5) is 4.39 Å². The standard InChI is InChI=1S/C24H28ClFN6O5S2/c1-36-24(33)20-18(10-32-6-4-15(31-39(27,34)35)8-13-11-37-12-19(13)32)29-22(23-28-5-7-38-23)30-21(20)16-3-2-14(26)9-17(16)25/h2-3,5,7,9,13,15,19,21,31H,4,6,8,10-12H2,1H3,(H,29,30)(H2,27,34,35)/t13?,15-,19+,21-/m0/s1. The highest BCUT2D eigenvalue weighted by Crippen LogP contribution is 2.38. The number of carbonyl (C=O) groups is 1. The van der Waals surface area contributed by atoms with Crippen LogP contribution >= 0.6 is 22.9 Å². The molecule has 3 aliphatic heterocycles. The maximum absolute atomic E-state index is 13.9. The molecule has 2 saturated heterocycles. The second-order valence-electron chi connectivity index (χ2n) is 9.61. The second kappa shape index (κ2) is 11.6. The molecule has 0 bridgehead atoms. The van der Waals surface area contributed by atoms with Gasteiger partial charge in [0, 0.05) is 59.0 Å². The van der Waals surface area contributed by atoms with Crippen molar-refractivity contribution >= 4 is 45.0 Å². The normalized spacial score (nSPS) is 26.0. The summed E-state index contributed by atoms with van der Waals surface area (Å²) in [4.78, 5) is 24.5. The molecule has 1 aromatic heterocycles. The van der Waals surface area contributed by atoms with Gasteiger partial charge in [0.1, 0.15) is 11.9 Å². The quantitative estimate of drug-likeness (QED) is 0.408. The van der Waals surface area contributed by atoms with Gasteiger partial charge in [-0.05, 0) is 25.0 Å². The van der Waals surface area contributed by atoms with Crippen LogP contribution in [0.2, 0.25) is 5.02 Å². The lowest BCUT2D eigenvalue weighted by molar-refractivity contribution is -0.136. The van der Waals surface area contributed by atoms with E-state index in [9.17, 15) is 17.6 Å². The molecule has 11 nitrogen and oxygen atoms in total. The summed E-state index contributed by atoms with van der Waals surface area (Å²) >= 11 is 7.82. The molecule has 0 amide bonds. The first-order valence-electron chi connectivity index (χ1n) is 12.3. The number of aliphatic imine (C=N–C) groups is 1. The topological polar surface area (TPSA) is 148 Å². The Kier molecular flexibility index (Phi) is 8.33. The molecule has 5 rings (SSSR count). The smallest absolute Gasteiger partial charge is 0.338 e. The van der Waals surface area contributed by atoms with Crippen molar-refractivity contribution < 1.29 is 27.1 Å². The zero-order valence-electron chi connectivity index (χ0n) is 21.0. The Balaban J connectivity index is 1.54. The van der Waals surface area contributed by atoms with Crippen LogP contribution in [0.1, 0.15) is 29.5 Å². The fourth-order valence-electron chi connectivity index (χ4n) is 5.39. The van der Waals surface area contributed by atoms with Crippen molar-refractivity contribution in [1.29, 1.82) is 0 Å². The lowest BCUT2D eigenvalue weighted by atomic mass is 9.94. The molecule has 210 valence electrons. The Hall–Kier alpha value is -2.46. The summed E-state index contributed by atoms with van der Waals surface area (Å²) in [7, 11) is -2.58. The molecule has 1 unspecified atom stereocenters. The first-order chi connectivity index (χ1) is 18.6. The molecule has 2 aromatic rings. The number of esters is 1. The maximum atomic E-state index is 13.9. The summed E-state index contributed by atoms with van der Waals surface area (Å²) in [5.41, 5.74) is 1.23. The molecular weight excluding hydrogens is 571 g/mol. The van der Waals surface area contributed by atoms with Crippen LogP contribution in [-0.2, 0) is 24.5 Å². The zero-order valence-corrected chi connectivity index (χ0v) is 23.4. The number of benzene rings is 1. The molecule has 1 aromatic carbocycles. The van der Waals surface area contributed by atoms with Gasteiger partial charge in [-0.3, -0.25) is 9.89 Å². The van der Waals surface area contributed by atoms with Crippen LogP contribution in [-0.4, -0.2) is 75.6 Å². The van der Waals surface area contributed by atoms with Gasteiger partial charge in [0.25, 0.3) is 10.2 Å². The number of methoxy groups -OCH3 is 1. The van der Waals surface area contributed by atoms with Gasteiger partial charge < -0.3 is 14.8 Å². The maximum Gasteiger partial charge on any atom is 0.338 e. The number of nitrogens with one attached hydrogen (secondary N) is 2. The average molecular weight is 599 g/mol. The fourth-order valence-corrected chi connectivity index (χ4v) is 6.93. The zero-order chi connectivity index (χ0) is 27.7. The molecule has 39 heavy (non-hydrogen) atoms. The highest BCUT2D eigenvalue weighted by molar-refractivity contribution is 7.87. The number of aromatic nitrogens is 1. The van der Waals surface area contributed by atoms with Crippen LogP contribution in [0.3, 0.4) is 0 Å². The third-order valence-electron chi connectivity index (χ3n) is 7.10. The van der Waals surface area contributed by atoms with E-state index in [-0.39, 0.29) is 35.1 Å². The van der Waals surface area contributed by atoms with Crippen molar-refractivity contribution in [3.63, 3.8) is 0 Å². The van der Waals surface area contributed by atoms with E-state index in [0.29, 0.717) is 54.7 Å². The molecule has 0 aliphatic carbocycles. The molecular formula is C24H28ClFN6O5S2. The van der Waals surface area contributed by atoms with E-state index in [0.717, 1.165) is 0 Å². The fraction of sp³-hybridized carbons (Fsp3) is 0.458. The monoisotopic (exact) mass is 598 g/mol. The molecule has 4 N–H and O–H groups in total. The Labute approximate surface area is 234 Å². The van der Waals surface area contributed by atoms with E-state index in [2.05, 4.69) is 19.9 Å². The number of fused-ring (bicyclic) bond motifs is 1. The van der Waals surface area contributed by atoms with Crippen LogP contribution in [0, 0.1) is 11.7 Å². The van der Waals surface area contributed by atoms with Gasteiger partial charge in [-0.2, -0.15) is 13.1 Å². The Morgan fingerprint density at radius 2 is 2.23 bits per heavy atom. The highest BCUT2D eigenvalue weighted by atomic mass is 35.5. The number of amidine groups is 1. The van der Waals surface area contributed by atoms with Crippen LogP contribution in [0.25, 0.3) is 0 Å². The van der Waals surface area contributed by atoms with Crippen molar-refractivity contribution in [2.45, 2.75) is 31.0 Å². The van der Waals surface area contributed by atoms with Crippen molar-refractivity contribution in [3.05, 3.63) is 62.5 Å². The van der Waals surface area contributed by atoms with Gasteiger partial charge in [-0.25, -0.2) is 19.3 Å². The minimum atomic E-state index is -3.87. The van der Waals surface area contributed by atoms with Gasteiger partial charge >= 0.3 is 5.97 Å². The Bertz CT molecular complexity index is 1400. The number of thiazole rings is 1. The van der Waals surface area contributed by atoms with Gasteiger partial charge in [0.2, 0.25) is 0 Å². The van der Waals surface area contributed by atoms with Crippen molar-refractivity contribution in [2.24, 2.45) is 16.0 Å². The summed E-state index contributed by atoms with van der Waals surface area (Å²) in [6.07, 6.45) is 2.75. The number of halogens is 2. The van der Waals surface area contributed by atoms with E-state index in [4.69, 9.17) is 31.2 Å². The Morgan fingerprint density at radius 1 is 1.41 bits per heavy atom. The van der Waals surface area contributed by atoms with Gasteiger partial charge in [0.05, 0.1) is 25.9 Å². The molecule has 15 heteroatoms. The largest absolute Gasteiger partial charge is 0.466 e. The predicted molar refractivity (Wildman–Crippen MR) is 144 cm³/mol. The number of nitrogens with two attached hydrogens (primary N) is 1. The average Bonchev–Trinajstić information content (AvgIpc) is 3.55. The molecule has 0 radical (unpaired) electrons. The number of carbonyl (C=O) groups excluding carboxylic acids is 1. The van der Waals surface area contributed by atoms with Gasteiger partial charge in [-0.15, -0.1) is 11.3 Å². The van der Waals surface area contributed by atoms with E-state index >= 15 is 0 Å². The van der Waals surface area contributed by atoms with Crippen LogP contribution < -0.4 is 15.2 Å². The lowest BCUT2D eigenvalue weighted by Crippen LogP contribution is -2.45. The molecule has 3 aliphatic rings. The summed E-state index contributed by atoms with van der Waals surface area (Å²) in [5.74, 6) is -0.606. The number of likely N-dealkylation sites (tertiary alicyclic amines) is 1. The molecule has 0 saturated carbocycles. The lowest BCUT2D eigenvalue weighted by Gasteiger charge is -2.33. The number of hydrogen-bond acceptors (Lipinski definition) is 10. The minimum absolute atomic E-state index is 0.0134. The van der Waals surface area contributed by atoms with E-state index in [1.807, 2.05) is 5.38 Å². The third-order valence-corrected chi connectivity index (χ3v) is 8.87. The van der Waals surface area contributed by atoms with Crippen molar-refractivity contribution in [3.8, 4) is 0 Å². The van der Waals surface area contributed by atoms with Crippen LogP contribution in [0.5, 0.6) is 0 Å². The molecule has 0 spiro atoms. The van der Waals surface area contributed by atoms with Gasteiger partial charge in [-0.1, -0.05) is 17.7 Å². The summed E-state index contributed by atoms with van der Waals surface area (Å²) in [6, 6.07) is 2.73. The SMILES string of the molecule is COC(=O)C1=C(CN2CC[C@H](NS(N)(=O)=O)CC3COC[C@H]32)NC(c2nccs2)=N[C@H]1c1ccc(F)cc1Cl. The van der Waals surface area contributed by atoms with E-state index in [1.54, 1.807) is 6.20 Å². The van der Waals surface area contributed by atoms with Crippen molar-refractivity contribution in [1.82, 2.24) is 19.9 Å². The molecule has 4 atom stereocenters. The highest BCUT2D eigenvalue weighted by Gasteiger charge is 2.40. The van der Waals surface area contributed by atoms with E-state index < -0.39 is 28.0 Å².